The number of anilines is 1. The van der Waals surface area contributed by atoms with Gasteiger partial charge in [0.2, 0.25) is 0 Å². The second kappa shape index (κ2) is 7.61. The summed E-state index contributed by atoms with van der Waals surface area (Å²) in [5, 5.41) is 15.2. The minimum Gasteiger partial charge on any atom is -0.268 e. The number of carbonyl (C=O) groups excluding carboxylic acids is 1. The Balaban J connectivity index is 1.62. The first kappa shape index (κ1) is 19.4. The Kier molecular flexibility index (Phi) is 4.77. The largest absolute Gasteiger partial charge is 0.270 e. The molecule has 0 aromatic heterocycles. The average molecular weight is 443 g/mol. The number of thiocarbonyl (C=S) groups is 1. The highest BCUT2D eigenvalue weighted by atomic mass is 32.2. The van der Waals surface area contributed by atoms with Gasteiger partial charge in [0.1, 0.15) is 0 Å². The quantitative estimate of drug-likeness (QED) is 0.122. The van der Waals surface area contributed by atoms with Crippen LogP contribution >= 0.6 is 24.0 Å². The molecule has 1 saturated heterocycles. The van der Waals surface area contributed by atoms with E-state index in [-0.39, 0.29) is 11.6 Å². The predicted molar refractivity (Wildman–Crippen MR) is 130 cm³/mol. The zero-order valence-electron chi connectivity index (χ0n) is 16.0. The molecule has 4 aromatic carbocycles. The molecule has 1 amide bonds. The van der Waals surface area contributed by atoms with Crippen LogP contribution in [0.4, 0.5) is 11.4 Å². The molecule has 5 rings (SSSR count). The monoisotopic (exact) mass is 442 g/mol. The lowest BCUT2D eigenvalue weighted by molar-refractivity contribution is -0.384. The maximum atomic E-state index is 13.2. The van der Waals surface area contributed by atoms with Crippen LogP contribution in [0.15, 0.2) is 83.8 Å². The Labute approximate surface area is 187 Å². The standard InChI is InChI=1S/C24H14N2O3S2/c27-23-22(31-24(30)25(23)17-9-11-18(12-10-17)26(28)29)14-21-19-7-3-1-5-15(19)13-16-6-2-4-8-20(16)21/h1-14H. The van der Waals surface area contributed by atoms with Gasteiger partial charge in [-0.2, -0.15) is 0 Å². The molecule has 0 atom stereocenters. The number of amides is 1. The van der Waals surface area contributed by atoms with E-state index in [4.69, 9.17) is 12.2 Å². The number of fused-ring (bicyclic) bond motifs is 2. The Morgan fingerprint density at radius 1 is 0.903 bits per heavy atom. The number of nitro benzene ring substituents is 1. The molecule has 0 aliphatic carbocycles. The maximum absolute atomic E-state index is 13.2. The number of nitro groups is 1. The molecule has 0 spiro atoms. The second-order valence-corrected chi connectivity index (χ2v) is 8.70. The predicted octanol–water partition coefficient (Wildman–Crippen LogP) is 6.31. The summed E-state index contributed by atoms with van der Waals surface area (Å²) in [4.78, 5) is 25.6. The Morgan fingerprint density at radius 3 is 2.06 bits per heavy atom. The topological polar surface area (TPSA) is 63.5 Å². The lowest BCUT2D eigenvalue weighted by Crippen LogP contribution is -2.27. The molecule has 1 aliphatic rings. The van der Waals surface area contributed by atoms with Gasteiger partial charge in [-0.1, -0.05) is 72.5 Å². The van der Waals surface area contributed by atoms with Crippen molar-refractivity contribution in [2.75, 3.05) is 4.90 Å². The third-order valence-corrected chi connectivity index (χ3v) is 6.50. The van der Waals surface area contributed by atoms with E-state index in [0.717, 1.165) is 27.1 Å². The van der Waals surface area contributed by atoms with Crippen molar-refractivity contribution in [3.8, 4) is 0 Å². The molecular formula is C24H14N2O3S2. The molecular weight excluding hydrogens is 428 g/mol. The fraction of sp³-hybridized carbons (Fsp3) is 0. The van der Waals surface area contributed by atoms with Gasteiger partial charge >= 0.3 is 0 Å². The number of thioether (sulfide) groups is 1. The summed E-state index contributed by atoms with van der Waals surface area (Å²) >= 11 is 6.70. The van der Waals surface area contributed by atoms with Gasteiger partial charge in [0.15, 0.2) is 4.32 Å². The van der Waals surface area contributed by atoms with Crippen LogP contribution in [0, 0.1) is 10.1 Å². The Morgan fingerprint density at radius 2 is 1.48 bits per heavy atom. The van der Waals surface area contributed by atoms with Crippen LogP contribution in [0.2, 0.25) is 0 Å². The average Bonchev–Trinajstić information content (AvgIpc) is 3.06. The Hall–Kier alpha value is -3.55. The van der Waals surface area contributed by atoms with E-state index < -0.39 is 4.92 Å². The molecule has 0 N–H and O–H groups in total. The lowest BCUT2D eigenvalue weighted by Gasteiger charge is -2.14. The molecule has 0 bridgehead atoms. The van der Waals surface area contributed by atoms with Crippen molar-refractivity contribution in [3.63, 3.8) is 0 Å². The number of rotatable bonds is 3. The summed E-state index contributed by atoms with van der Waals surface area (Å²) in [6.45, 7) is 0. The third-order valence-electron chi connectivity index (χ3n) is 5.20. The van der Waals surface area contributed by atoms with E-state index in [2.05, 4.69) is 18.2 Å². The molecule has 31 heavy (non-hydrogen) atoms. The van der Waals surface area contributed by atoms with Crippen LogP contribution in [-0.4, -0.2) is 15.2 Å². The van der Waals surface area contributed by atoms with Crippen LogP contribution < -0.4 is 4.90 Å². The third kappa shape index (κ3) is 3.37. The fourth-order valence-electron chi connectivity index (χ4n) is 3.75. The first-order chi connectivity index (χ1) is 15.0. The molecule has 7 heteroatoms. The zero-order valence-corrected chi connectivity index (χ0v) is 17.7. The highest BCUT2D eigenvalue weighted by Gasteiger charge is 2.33. The molecule has 5 nitrogen and oxygen atoms in total. The van der Waals surface area contributed by atoms with Crippen LogP contribution in [0.3, 0.4) is 0 Å². The minimum absolute atomic E-state index is 0.0352. The van der Waals surface area contributed by atoms with E-state index in [1.807, 2.05) is 42.5 Å². The van der Waals surface area contributed by atoms with Gasteiger partial charge in [-0.25, -0.2) is 0 Å². The zero-order chi connectivity index (χ0) is 21.5. The van der Waals surface area contributed by atoms with Gasteiger partial charge in [0, 0.05) is 12.1 Å². The van der Waals surface area contributed by atoms with Crippen molar-refractivity contribution in [2.24, 2.45) is 0 Å². The highest BCUT2D eigenvalue weighted by Crippen LogP contribution is 2.39. The number of benzene rings is 4. The van der Waals surface area contributed by atoms with E-state index in [1.54, 1.807) is 12.1 Å². The van der Waals surface area contributed by atoms with Crippen molar-refractivity contribution < 1.29 is 9.72 Å². The van der Waals surface area contributed by atoms with Gasteiger partial charge in [-0.3, -0.25) is 19.8 Å². The van der Waals surface area contributed by atoms with Crippen molar-refractivity contribution in [1.82, 2.24) is 0 Å². The van der Waals surface area contributed by atoms with Gasteiger partial charge in [0.25, 0.3) is 11.6 Å². The number of non-ortho nitro benzene ring substituents is 1. The van der Waals surface area contributed by atoms with E-state index in [0.29, 0.717) is 14.9 Å². The van der Waals surface area contributed by atoms with Crippen molar-refractivity contribution in [2.45, 2.75) is 0 Å². The molecule has 1 fully saturated rings. The molecule has 150 valence electrons. The highest BCUT2D eigenvalue weighted by molar-refractivity contribution is 8.27. The van der Waals surface area contributed by atoms with E-state index >= 15 is 0 Å². The Bertz CT molecular complexity index is 1370. The minimum atomic E-state index is -0.473. The summed E-state index contributed by atoms with van der Waals surface area (Å²) in [5.41, 5.74) is 1.45. The summed E-state index contributed by atoms with van der Waals surface area (Å²) in [7, 11) is 0. The summed E-state index contributed by atoms with van der Waals surface area (Å²) < 4.78 is 0.398. The van der Waals surface area contributed by atoms with Gasteiger partial charge in [-0.05, 0) is 51.4 Å². The van der Waals surface area contributed by atoms with Crippen molar-refractivity contribution in [3.05, 3.63) is 99.4 Å². The summed E-state index contributed by atoms with van der Waals surface area (Å²) in [6, 6.07) is 24.1. The number of hydrogen-bond acceptors (Lipinski definition) is 5. The first-order valence-electron chi connectivity index (χ1n) is 9.46. The van der Waals surface area contributed by atoms with Crippen LogP contribution in [-0.2, 0) is 4.79 Å². The smallest absolute Gasteiger partial charge is 0.268 e. The second-order valence-electron chi connectivity index (χ2n) is 7.02. The van der Waals surface area contributed by atoms with Crippen LogP contribution in [0.5, 0.6) is 0 Å². The lowest BCUT2D eigenvalue weighted by atomic mass is 9.96. The molecule has 0 saturated carbocycles. The fourth-order valence-corrected chi connectivity index (χ4v) is 5.03. The van der Waals surface area contributed by atoms with E-state index in [9.17, 15) is 14.9 Å². The number of hydrogen-bond donors (Lipinski definition) is 0. The first-order valence-corrected chi connectivity index (χ1v) is 10.7. The number of carbonyl (C=O) groups is 1. The molecule has 1 aliphatic heterocycles. The van der Waals surface area contributed by atoms with Gasteiger partial charge < -0.3 is 0 Å². The van der Waals surface area contributed by atoms with E-state index in [1.165, 1.54) is 28.8 Å². The van der Waals surface area contributed by atoms with Gasteiger partial charge in [0.05, 0.1) is 15.5 Å². The maximum Gasteiger partial charge on any atom is 0.270 e. The molecule has 0 unspecified atom stereocenters. The number of nitrogens with zero attached hydrogens (tertiary/aromatic N) is 2. The van der Waals surface area contributed by atoms with Crippen molar-refractivity contribution in [1.29, 1.82) is 0 Å². The van der Waals surface area contributed by atoms with Crippen LogP contribution in [0.25, 0.3) is 27.6 Å². The SMILES string of the molecule is O=C1C(=Cc2c3ccccc3cc3ccccc23)SC(=S)N1c1ccc([N+](=O)[O-])cc1. The molecule has 4 aromatic rings. The summed E-state index contributed by atoms with van der Waals surface area (Å²) in [6.07, 6.45) is 1.90. The summed E-state index contributed by atoms with van der Waals surface area (Å²) in [5.74, 6) is -0.235. The van der Waals surface area contributed by atoms with Crippen LogP contribution in [0.1, 0.15) is 5.56 Å². The molecule has 0 radical (unpaired) electrons. The van der Waals surface area contributed by atoms with Crippen molar-refractivity contribution >= 4 is 73.2 Å². The van der Waals surface area contributed by atoms with Gasteiger partial charge in [-0.15, -0.1) is 0 Å². The normalized spacial score (nSPS) is 15.4. The molecule has 1 heterocycles.